The van der Waals surface area contributed by atoms with Crippen LogP contribution in [0.5, 0.6) is 5.75 Å². The first kappa shape index (κ1) is 17.4. The Balaban J connectivity index is 2.56. The van der Waals surface area contributed by atoms with E-state index in [-0.39, 0.29) is 12.1 Å². The quantitative estimate of drug-likeness (QED) is 0.711. The van der Waals surface area contributed by atoms with Crippen molar-refractivity contribution in [2.75, 3.05) is 26.4 Å². The summed E-state index contributed by atoms with van der Waals surface area (Å²) in [5, 5.41) is 12.1. The second-order valence-electron chi connectivity index (χ2n) is 5.54. The third-order valence-corrected chi connectivity index (χ3v) is 3.05. The van der Waals surface area contributed by atoms with Gasteiger partial charge in [0.1, 0.15) is 12.4 Å². The van der Waals surface area contributed by atoms with Crippen molar-refractivity contribution in [2.24, 2.45) is 0 Å². The minimum absolute atomic E-state index is 0.0407. The average Bonchev–Trinajstić information content (AvgIpc) is 2.37. The maximum Gasteiger partial charge on any atom is 0.123 e. The Morgan fingerprint density at radius 1 is 1.20 bits per heavy atom. The number of halogens is 1. The van der Waals surface area contributed by atoms with Gasteiger partial charge in [-0.2, -0.15) is 0 Å². The molecule has 0 aliphatic heterocycles. The number of rotatable bonds is 8. The lowest BCUT2D eigenvalue weighted by atomic mass is 10.1. The van der Waals surface area contributed by atoms with Crippen LogP contribution >= 0.6 is 15.9 Å². The molecule has 0 radical (unpaired) electrons. The molecular weight excluding hydrogens is 322 g/mol. The molecule has 1 aromatic rings. The molecule has 0 aromatic heterocycles. The number of hydrogen-bond acceptors (Lipinski definition) is 4. The highest BCUT2D eigenvalue weighted by Gasteiger charge is 2.11. The van der Waals surface area contributed by atoms with Crippen LogP contribution in [0.15, 0.2) is 22.7 Å². The Labute approximate surface area is 129 Å². The van der Waals surface area contributed by atoms with Crippen molar-refractivity contribution in [1.29, 1.82) is 0 Å². The van der Waals surface area contributed by atoms with Crippen LogP contribution in [0, 0.1) is 0 Å². The Morgan fingerprint density at radius 2 is 1.95 bits per heavy atom. The van der Waals surface area contributed by atoms with E-state index in [1.165, 1.54) is 0 Å². The number of hydrogen-bond donors (Lipinski definition) is 2. The van der Waals surface area contributed by atoms with Gasteiger partial charge in [-0.25, -0.2) is 0 Å². The fourth-order valence-corrected chi connectivity index (χ4v) is 1.97. The van der Waals surface area contributed by atoms with Gasteiger partial charge in [0.25, 0.3) is 0 Å². The smallest absolute Gasteiger partial charge is 0.123 e. The fraction of sp³-hybridized carbons (Fsp3) is 0.600. The van der Waals surface area contributed by atoms with Gasteiger partial charge in [0.2, 0.25) is 0 Å². The van der Waals surface area contributed by atoms with Crippen molar-refractivity contribution in [3.8, 4) is 5.75 Å². The zero-order chi connectivity index (χ0) is 15.0. The lowest BCUT2D eigenvalue weighted by Gasteiger charge is -2.22. The van der Waals surface area contributed by atoms with Crippen LogP contribution in [-0.2, 0) is 11.3 Å². The minimum atomic E-state index is 0.0407. The van der Waals surface area contributed by atoms with Crippen molar-refractivity contribution < 1.29 is 14.6 Å². The first-order valence-corrected chi connectivity index (χ1v) is 7.56. The Bertz CT molecular complexity index is 405. The fourth-order valence-electron chi connectivity index (χ4n) is 1.56. The number of nitrogens with one attached hydrogen (secondary N) is 1. The standard InChI is InChI=1S/C15H24BrNO3/c1-15(2,3)17-11-12-10-13(16)4-5-14(12)20-9-8-19-7-6-18/h4-5,10,17-18H,6-9,11H2,1-3H3. The molecular formula is C15H24BrNO3. The number of benzene rings is 1. The molecule has 0 saturated heterocycles. The van der Waals surface area contributed by atoms with E-state index in [4.69, 9.17) is 14.6 Å². The van der Waals surface area contributed by atoms with E-state index in [9.17, 15) is 0 Å². The van der Waals surface area contributed by atoms with Crippen molar-refractivity contribution in [2.45, 2.75) is 32.9 Å². The molecule has 2 N–H and O–H groups in total. The molecule has 0 aliphatic carbocycles. The molecule has 0 heterocycles. The van der Waals surface area contributed by atoms with Gasteiger partial charge in [0, 0.05) is 22.1 Å². The molecule has 4 nitrogen and oxygen atoms in total. The van der Waals surface area contributed by atoms with Gasteiger partial charge in [-0.15, -0.1) is 0 Å². The molecule has 0 atom stereocenters. The third kappa shape index (κ3) is 7.24. The van der Waals surface area contributed by atoms with Crippen LogP contribution in [0.4, 0.5) is 0 Å². The van der Waals surface area contributed by atoms with E-state index in [0.717, 1.165) is 22.3 Å². The number of aliphatic hydroxyl groups is 1. The van der Waals surface area contributed by atoms with Crippen LogP contribution in [0.2, 0.25) is 0 Å². The van der Waals surface area contributed by atoms with Gasteiger partial charge in [-0.1, -0.05) is 15.9 Å². The van der Waals surface area contributed by atoms with Crippen molar-refractivity contribution in [3.05, 3.63) is 28.2 Å². The van der Waals surface area contributed by atoms with E-state index in [2.05, 4.69) is 48.1 Å². The van der Waals surface area contributed by atoms with Crippen LogP contribution in [0.25, 0.3) is 0 Å². The average molecular weight is 346 g/mol. The van der Waals surface area contributed by atoms with E-state index >= 15 is 0 Å². The monoisotopic (exact) mass is 345 g/mol. The molecule has 0 fully saturated rings. The zero-order valence-corrected chi connectivity index (χ0v) is 14.0. The summed E-state index contributed by atoms with van der Waals surface area (Å²) in [6, 6.07) is 5.98. The van der Waals surface area contributed by atoms with Crippen molar-refractivity contribution in [3.63, 3.8) is 0 Å². The molecule has 0 saturated carbocycles. The Morgan fingerprint density at radius 3 is 2.60 bits per heavy atom. The van der Waals surface area contributed by atoms with Crippen LogP contribution in [0.1, 0.15) is 26.3 Å². The lowest BCUT2D eigenvalue weighted by Crippen LogP contribution is -2.35. The summed E-state index contributed by atoms with van der Waals surface area (Å²) >= 11 is 3.48. The molecule has 0 aliphatic rings. The van der Waals surface area contributed by atoms with Crippen LogP contribution in [-0.4, -0.2) is 37.1 Å². The van der Waals surface area contributed by atoms with Gasteiger partial charge in [0.15, 0.2) is 0 Å². The molecule has 0 spiro atoms. The maximum absolute atomic E-state index is 8.62. The largest absolute Gasteiger partial charge is 0.491 e. The second-order valence-corrected chi connectivity index (χ2v) is 6.46. The topological polar surface area (TPSA) is 50.7 Å². The SMILES string of the molecule is CC(C)(C)NCc1cc(Br)ccc1OCCOCCO. The molecule has 20 heavy (non-hydrogen) atoms. The van der Waals surface area contributed by atoms with Gasteiger partial charge in [-0.3, -0.25) is 0 Å². The molecule has 1 aromatic carbocycles. The maximum atomic E-state index is 8.62. The normalized spacial score (nSPS) is 11.7. The molecule has 0 unspecified atom stereocenters. The predicted octanol–water partition coefficient (Wildman–Crippen LogP) is 2.72. The second kappa shape index (κ2) is 8.62. The first-order chi connectivity index (χ1) is 9.42. The van der Waals surface area contributed by atoms with Crippen LogP contribution < -0.4 is 10.1 Å². The summed E-state index contributed by atoms with van der Waals surface area (Å²) in [7, 11) is 0. The summed E-state index contributed by atoms with van der Waals surface area (Å²) in [6.07, 6.45) is 0. The van der Waals surface area contributed by atoms with E-state index in [1.54, 1.807) is 0 Å². The van der Waals surface area contributed by atoms with Crippen LogP contribution in [0.3, 0.4) is 0 Å². The summed E-state index contributed by atoms with van der Waals surface area (Å²) in [4.78, 5) is 0. The molecule has 0 bridgehead atoms. The number of aliphatic hydroxyl groups excluding tert-OH is 1. The van der Waals surface area contributed by atoms with Crippen molar-refractivity contribution in [1.82, 2.24) is 5.32 Å². The highest BCUT2D eigenvalue weighted by molar-refractivity contribution is 9.10. The summed E-state index contributed by atoms with van der Waals surface area (Å²) < 4.78 is 12.0. The molecule has 114 valence electrons. The first-order valence-electron chi connectivity index (χ1n) is 6.77. The Hall–Kier alpha value is -0.620. The molecule has 5 heteroatoms. The summed E-state index contributed by atoms with van der Waals surface area (Å²) in [5.41, 5.74) is 1.17. The van der Waals surface area contributed by atoms with Gasteiger partial charge >= 0.3 is 0 Å². The van der Waals surface area contributed by atoms with Gasteiger partial charge in [-0.05, 0) is 39.0 Å². The highest BCUT2D eigenvalue weighted by atomic mass is 79.9. The molecule has 0 amide bonds. The number of ether oxygens (including phenoxy) is 2. The van der Waals surface area contributed by atoms with Gasteiger partial charge < -0.3 is 19.9 Å². The van der Waals surface area contributed by atoms with Gasteiger partial charge in [0.05, 0.1) is 19.8 Å². The predicted molar refractivity (Wildman–Crippen MR) is 84.1 cm³/mol. The highest BCUT2D eigenvalue weighted by Crippen LogP contribution is 2.23. The molecule has 1 rings (SSSR count). The van der Waals surface area contributed by atoms with Crippen molar-refractivity contribution >= 4 is 15.9 Å². The minimum Gasteiger partial charge on any atom is -0.491 e. The lowest BCUT2D eigenvalue weighted by molar-refractivity contribution is 0.0702. The van der Waals surface area contributed by atoms with E-state index < -0.39 is 0 Å². The van der Waals surface area contributed by atoms with E-state index in [1.807, 2.05) is 12.1 Å². The Kier molecular flexibility index (Phi) is 7.51. The zero-order valence-electron chi connectivity index (χ0n) is 12.4. The summed E-state index contributed by atoms with van der Waals surface area (Å²) in [5.74, 6) is 0.859. The summed E-state index contributed by atoms with van der Waals surface area (Å²) in [6.45, 7) is 8.49. The van der Waals surface area contributed by atoms with E-state index in [0.29, 0.717) is 19.8 Å². The third-order valence-electron chi connectivity index (χ3n) is 2.55.